The van der Waals surface area contributed by atoms with E-state index in [0.29, 0.717) is 37.8 Å². The lowest BCUT2D eigenvalue weighted by molar-refractivity contribution is -0.129. The van der Waals surface area contributed by atoms with Gasteiger partial charge in [0.1, 0.15) is 6.61 Å². The van der Waals surface area contributed by atoms with Crippen molar-refractivity contribution in [3.05, 3.63) is 0 Å². The summed E-state index contributed by atoms with van der Waals surface area (Å²) >= 11 is 0. The first-order valence-electron chi connectivity index (χ1n) is 8.14. The number of piperidine rings is 1. The van der Waals surface area contributed by atoms with E-state index < -0.39 is 6.09 Å². The van der Waals surface area contributed by atoms with E-state index in [4.69, 9.17) is 4.74 Å². The third-order valence-corrected chi connectivity index (χ3v) is 4.88. The molecule has 6 heteroatoms. The summed E-state index contributed by atoms with van der Waals surface area (Å²) in [6.45, 7) is 4.12. The van der Waals surface area contributed by atoms with Crippen LogP contribution in [0.3, 0.4) is 0 Å². The highest BCUT2D eigenvalue weighted by molar-refractivity contribution is 5.94. The van der Waals surface area contributed by atoms with Crippen molar-refractivity contribution in [2.45, 2.75) is 57.2 Å². The van der Waals surface area contributed by atoms with E-state index in [1.54, 1.807) is 0 Å². The maximum atomic E-state index is 12.3. The van der Waals surface area contributed by atoms with Gasteiger partial charge in [-0.25, -0.2) is 9.69 Å². The Hall–Kier alpha value is -1.14. The van der Waals surface area contributed by atoms with Crippen LogP contribution in [-0.4, -0.2) is 66.2 Å². The van der Waals surface area contributed by atoms with E-state index in [-0.39, 0.29) is 5.91 Å². The molecule has 0 saturated carbocycles. The summed E-state index contributed by atoms with van der Waals surface area (Å²) in [6.07, 6.45) is 5.29. The van der Waals surface area contributed by atoms with Gasteiger partial charge < -0.3 is 10.1 Å². The summed E-state index contributed by atoms with van der Waals surface area (Å²) in [4.78, 5) is 27.4. The normalized spacial score (nSPS) is 31.8. The zero-order chi connectivity index (χ0) is 14.8. The number of ether oxygens (including phenoxy) is 1. The molecule has 3 rings (SSSR count). The number of imide groups is 1. The average molecular weight is 295 g/mol. The maximum absolute atomic E-state index is 12.3. The lowest BCUT2D eigenvalue weighted by Crippen LogP contribution is -2.51. The van der Waals surface area contributed by atoms with Crippen molar-refractivity contribution < 1.29 is 14.3 Å². The zero-order valence-corrected chi connectivity index (χ0v) is 12.7. The number of nitrogens with zero attached hydrogens (tertiary/aromatic N) is 2. The summed E-state index contributed by atoms with van der Waals surface area (Å²) in [5.41, 5.74) is 0. The van der Waals surface area contributed by atoms with Crippen LogP contribution >= 0.6 is 0 Å². The Morgan fingerprint density at radius 2 is 2.10 bits per heavy atom. The zero-order valence-electron chi connectivity index (χ0n) is 12.7. The average Bonchev–Trinajstić information content (AvgIpc) is 3.04. The lowest BCUT2D eigenvalue weighted by atomic mass is 9.98. The van der Waals surface area contributed by atoms with Crippen molar-refractivity contribution in [1.29, 1.82) is 0 Å². The third kappa shape index (κ3) is 3.21. The molecule has 2 bridgehead atoms. The van der Waals surface area contributed by atoms with Crippen LogP contribution in [0.2, 0.25) is 0 Å². The topological polar surface area (TPSA) is 61.9 Å². The van der Waals surface area contributed by atoms with Crippen molar-refractivity contribution in [3.8, 4) is 0 Å². The second-order valence-corrected chi connectivity index (χ2v) is 6.39. The minimum Gasteiger partial charge on any atom is -0.447 e. The number of rotatable bonds is 5. The first-order chi connectivity index (χ1) is 10.2. The van der Waals surface area contributed by atoms with Gasteiger partial charge in [0.05, 0.1) is 13.1 Å². The molecule has 0 aromatic rings. The number of carbonyl (C=O) groups is 2. The molecule has 1 N–H and O–H groups in total. The van der Waals surface area contributed by atoms with Crippen molar-refractivity contribution in [2.75, 3.05) is 26.2 Å². The Kier molecular flexibility index (Phi) is 4.45. The minimum atomic E-state index is -0.484. The molecular formula is C15H25N3O3. The van der Waals surface area contributed by atoms with Crippen LogP contribution in [0.25, 0.3) is 0 Å². The van der Waals surface area contributed by atoms with Crippen LogP contribution in [-0.2, 0) is 9.53 Å². The quantitative estimate of drug-likeness (QED) is 0.818. The largest absolute Gasteiger partial charge is 0.447 e. The molecule has 3 aliphatic rings. The first kappa shape index (κ1) is 14.8. The Bertz CT molecular complexity index is 403. The number of hydrogen-bond acceptors (Lipinski definition) is 5. The van der Waals surface area contributed by atoms with Gasteiger partial charge in [-0.1, -0.05) is 6.92 Å². The fourth-order valence-corrected chi connectivity index (χ4v) is 3.88. The van der Waals surface area contributed by atoms with E-state index in [2.05, 4.69) is 17.1 Å². The van der Waals surface area contributed by atoms with Gasteiger partial charge in [0.2, 0.25) is 5.91 Å². The fraction of sp³-hybridized carbons (Fsp3) is 0.867. The first-order valence-corrected chi connectivity index (χ1v) is 8.14. The molecule has 2 amide bonds. The van der Waals surface area contributed by atoms with Gasteiger partial charge in [-0.15, -0.1) is 0 Å². The Labute approximate surface area is 125 Å². The molecule has 3 saturated heterocycles. The van der Waals surface area contributed by atoms with Gasteiger partial charge in [0, 0.05) is 18.1 Å². The molecule has 118 valence electrons. The van der Waals surface area contributed by atoms with E-state index in [1.807, 2.05) is 0 Å². The fourth-order valence-electron chi connectivity index (χ4n) is 3.88. The SMILES string of the molecule is CCCN(CC(=O)N1CCOC1=O)C1CC2CCC(C1)N2. The predicted octanol–water partition coefficient (Wildman–Crippen LogP) is 0.960. The number of hydrogen-bond donors (Lipinski definition) is 1. The Morgan fingerprint density at radius 1 is 1.38 bits per heavy atom. The molecule has 0 aromatic heterocycles. The lowest BCUT2D eigenvalue weighted by Gasteiger charge is -2.37. The second-order valence-electron chi connectivity index (χ2n) is 6.39. The van der Waals surface area contributed by atoms with E-state index in [9.17, 15) is 9.59 Å². The molecule has 3 fully saturated rings. The summed E-state index contributed by atoms with van der Waals surface area (Å²) in [5, 5.41) is 3.64. The number of nitrogens with one attached hydrogen (secondary N) is 1. The molecule has 6 nitrogen and oxygen atoms in total. The van der Waals surface area contributed by atoms with Crippen molar-refractivity contribution in [1.82, 2.24) is 15.1 Å². The molecule has 3 heterocycles. The minimum absolute atomic E-state index is 0.114. The summed E-state index contributed by atoms with van der Waals surface area (Å²) in [7, 11) is 0. The standard InChI is InChI=1S/C15H25N3O3/c1-2-5-17(10-14(19)18-6-7-21-15(18)20)13-8-11-3-4-12(9-13)16-11/h11-13,16H,2-10H2,1H3. The molecule has 0 radical (unpaired) electrons. The van der Waals surface area contributed by atoms with E-state index in [1.165, 1.54) is 17.7 Å². The molecule has 0 spiro atoms. The van der Waals surface area contributed by atoms with E-state index >= 15 is 0 Å². The highest BCUT2D eigenvalue weighted by atomic mass is 16.6. The number of fused-ring (bicyclic) bond motifs is 2. The summed E-state index contributed by atoms with van der Waals surface area (Å²) in [6, 6.07) is 1.69. The van der Waals surface area contributed by atoms with Gasteiger partial charge in [-0.3, -0.25) is 9.69 Å². The van der Waals surface area contributed by atoms with Gasteiger partial charge in [-0.2, -0.15) is 0 Å². The predicted molar refractivity (Wildman–Crippen MR) is 77.9 cm³/mol. The molecule has 21 heavy (non-hydrogen) atoms. The third-order valence-electron chi connectivity index (χ3n) is 4.88. The number of carbonyl (C=O) groups excluding carboxylic acids is 2. The summed E-state index contributed by atoms with van der Waals surface area (Å²) < 4.78 is 4.86. The van der Waals surface area contributed by atoms with Crippen molar-refractivity contribution in [3.63, 3.8) is 0 Å². The van der Waals surface area contributed by atoms with Crippen LogP contribution < -0.4 is 5.32 Å². The second kappa shape index (κ2) is 6.32. The monoisotopic (exact) mass is 295 g/mol. The van der Waals surface area contributed by atoms with Crippen molar-refractivity contribution in [2.24, 2.45) is 0 Å². The van der Waals surface area contributed by atoms with E-state index in [0.717, 1.165) is 25.8 Å². The van der Waals surface area contributed by atoms with Gasteiger partial charge in [0.15, 0.2) is 0 Å². The van der Waals surface area contributed by atoms with Gasteiger partial charge in [0.25, 0.3) is 0 Å². The van der Waals surface area contributed by atoms with Crippen molar-refractivity contribution >= 4 is 12.0 Å². The molecule has 0 aromatic carbocycles. The summed E-state index contributed by atoms with van der Waals surface area (Å²) in [5.74, 6) is -0.114. The highest BCUT2D eigenvalue weighted by Crippen LogP contribution is 2.29. The highest BCUT2D eigenvalue weighted by Gasteiger charge is 2.37. The molecule has 2 atom stereocenters. The number of cyclic esters (lactones) is 1. The Morgan fingerprint density at radius 3 is 2.67 bits per heavy atom. The van der Waals surface area contributed by atoms with Crippen LogP contribution in [0.4, 0.5) is 4.79 Å². The molecule has 0 aliphatic carbocycles. The van der Waals surface area contributed by atoms with Crippen LogP contribution in [0.1, 0.15) is 39.0 Å². The molecule has 2 unspecified atom stereocenters. The number of amides is 2. The van der Waals surface area contributed by atoms with Gasteiger partial charge >= 0.3 is 6.09 Å². The maximum Gasteiger partial charge on any atom is 0.416 e. The van der Waals surface area contributed by atoms with Crippen LogP contribution in [0.5, 0.6) is 0 Å². The Balaban J connectivity index is 1.61. The molecular weight excluding hydrogens is 270 g/mol. The van der Waals surface area contributed by atoms with Crippen LogP contribution in [0.15, 0.2) is 0 Å². The molecule has 3 aliphatic heterocycles. The van der Waals surface area contributed by atoms with Crippen LogP contribution in [0, 0.1) is 0 Å². The van der Waals surface area contributed by atoms with Gasteiger partial charge in [-0.05, 0) is 38.6 Å². The smallest absolute Gasteiger partial charge is 0.416 e.